The second-order valence-electron chi connectivity index (χ2n) is 6.43. The Hall–Kier alpha value is -3.54. The van der Waals surface area contributed by atoms with E-state index in [4.69, 9.17) is 0 Å². The summed E-state index contributed by atoms with van der Waals surface area (Å²) in [4.78, 5) is 24.7. The van der Waals surface area contributed by atoms with Crippen LogP contribution in [0.2, 0.25) is 0 Å². The quantitative estimate of drug-likeness (QED) is 0.663. The van der Waals surface area contributed by atoms with E-state index >= 15 is 0 Å². The molecule has 0 bridgehead atoms. The van der Waals surface area contributed by atoms with Crippen LogP contribution in [0.1, 0.15) is 31.8 Å². The van der Waals surface area contributed by atoms with Gasteiger partial charge in [-0.1, -0.05) is 12.1 Å². The highest BCUT2D eigenvalue weighted by Crippen LogP contribution is 2.18. The highest BCUT2D eigenvalue weighted by atomic mass is 19.2. The molecule has 0 aliphatic heterocycles. The maximum Gasteiger partial charge on any atom is 0.255 e. The molecule has 2 amide bonds. The molecule has 3 aromatic rings. The lowest BCUT2D eigenvalue weighted by Crippen LogP contribution is -2.15. The summed E-state index contributed by atoms with van der Waals surface area (Å²) >= 11 is 0. The van der Waals surface area contributed by atoms with E-state index in [1.54, 1.807) is 0 Å². The number of nitrogens with one attached hydrogen (secondary N) is 2. The van der Waals surface area contributed by atoms with E-state index in [2.05, 4.69) is 10.6 Å². The van der Waals surface area contributed by atoms with E-state index in [1.807, 2.05) is 32.0 Å². The lowest BCUT2D eigenvalue weighted by Gasteiger charge is -2.10. The second kappa shape index (κ2) is 8.00. The van der Waals surface area contributed by atoms with E-state index in [9.17, 15) is 18.4 Å². The van der Waals surface area contributed by atoms with Crippen molar-refractivity contribution in [3.8, 4) is 0 Å². The Balaban J connectivity index is 1.70. The number of aryl methyl sites for hydroxylation is 2. The van der Waals surface area contributed by atoms with Crippen molar-refractivity contribution in [3.63, 3.8) is 0 Å². The number of halogens is 2. The summed E-state index contributed by atoms with van der Waals surface area (Å²) in [7, 11) is 0. The van der Waals surface area contributed by atoms with Crippen LogP contribution in [0.5, 0.6) is 0 Å². The number of rotatable bonds is 4. The first kappa shape index (κ1) is 19.2. The summed E-state index contributed by atoms with van der Waals surface area (Å²) in [5, 5.41) is 5.33. The molecule has 0 atom stereocenters. The van der Waals surface area contributed by atoms with E-state index in [1.165, 1.54) is 30.3 Å². The topological polar surface area (TPSA) is 58.2 Å². The molecule has 0 fully saturated rings. The van der Waals surface area contributed by atoms with Crippen molar-refractivity contribution < 1.29 is 18.4 Å². The van der Waals surface area contributed by atoms with Crippen LogP contribution < -0.4 is 10.6 Å². The fraction of sp³-hybridized carbons (Fsp3) is 0.0909. The third-order valence-corrected chi connectivity index (χ3v) is 4.23. The van der Waals surface area contributed by atoms with Gasteiger partial charge in [-0.2, -0.15) is 0 Å². The van der Waals surface area contributed by atoms with Gasteiger partial charge >= 0.3 is 0 Å². The molecule has 0 aliphatic rings. The van der Waals surface area contributed by atoms with E-state index in [0.29, 0.717) is 5.56 Å². The van der Waals surface area contributed by atoms with Gasteiger partial charge in [0.25, 0.3) is 11.8 Å². The van der Waals surface area contributed by atoms with Gasteiger partial charge < -0.3 is 10.6 Å². The minimum absolute atomic E-state index is 0.139. The smallest absolute Gasteiger partial charge is 0.255 e. The van der Waals surface area contributed by atoms with Crippen LogP contribution in [0, 0.1) is 25.5 Å². The minimum Gasteiger partial charge on any atom is -0.322 e. The SMILES string of the molecule is Cc1ccc(C)c(NC(=O)c2ccc(C(=O)Nc3ccc(F)c(F)c3)cc2)c1. The summed E-state index contributed by atoms with van der Waals surface area (Å²) in [6.45, 7) is 3.84. The Labute approximate surface area is 161 Å². The molecule has 0 aliphatic carbocycles. The molecule has 4 nitrogen and oxygen atoms in total. The van der Waals surface area contributed by atoms with Crippen LogP contribution in [0.25, 0.3) is 0 Å². The standard InChI is InChI=1S/C22H18F2N2O2/c1-13-3-4-14(2)20(11-13)26-22(28)16-7-5-15(6-8-16)21(27)25-17-9-10-18(23)19(24)12-17/h3-12H,1-2H3,(H,25,27)(H,26,28). The summed E-state index contributed by atoms with van der Waals surface area (Å²) in [5.74, 6) is -2.82. The average molecular weight is 380 g/mol. The van der Waals surface area contributed by atoms with Crippen LogP contribution in [-0.2, 0) is 0 Å². The van der Waals surface area contributed by atoms with Gasteiger partial charge in [-0.25, -0.2) is 8.78 Å². The molecule has 0 saturated carbocycles. The monoisotopic (exact) mass is 380 g/mol. The zero-order valence-corrected chi connectivity index (χ0v) is 15.3. The Morgan fingerprint density at radius 1 is 0.714 bits per heavy atom. The molecule has 0 spiro atoms. The summed E-state index contributed by atoms with van der Waals surface area (Å²) in [6.07, 6.45) is 0. The summed E-state index contributed by atoms with van der Waals surface area (Å²) < 4.78 is 26.2. The number of carbonyl (C=O) groups is 2. The van der Waals surface area contributed by atoms with Gasteiger partial charge in [-0.05, 0) is 67.4 Å². The van der Waals surface area contributed by atoms with Gasteiger partial charge in [0, 0.05) is 28.6 Å². The fourth-order valence-corrected chi connectivity index (χ4v) is 2.62. The van der Waals surface area contributed by atoms with Gasteiger partial charge in [-0.15, -0.1) is 0 Å². The third kappa shape index (κ3) is 4.40. The molecule has 0 heterocycles. The van der Waals surface area contributed by atoms with Crippen molar-refractivity contribution in [3.05, 3.63) is 94.6 Å². The Morgan fingerprint density at radius 3 is 1.93 bits per heavy atom. The zero-order valence-electron chi connectivity index (χ0n) is 15.3. The molecule has 3 aromatic carbocycles. The predicted octanol–water partition coefficient (Wildman–Crippen LogP) is 5.09. The second-order valence-corrected chi connectivity index (χ2v) is 6.43. The van der Waals surface area contributed by atoms with Gasteiger partial charge in [0.05, 0.1) is 0 Å². The highest BCUT2D eigenvalue weighted by Gasteiger charge is 2.11. The molecule has 2 N–H and O–H groups in total. The van der Waals surface area contributed by atoms with Gasteiger partial charge in [0.15, 0.2) is 11.6 Å². The molecule has 0 saturated heterocycles. The zero-order chi connectivity index (χ0) is 20.3. The number of hydrogen-bond acceptors (Lipinski definition) is 2. The van der Waals surface area contributed by atoms with Gasteiger partial charge in [-0.3, -0.25) is 9.59 Å². The van der Waals surface area contributed by atoms with Crippen molar-refractivity contribution >= 4 is 23.2 Å². The molecule has 28 heavy (non-hydrogen) atoms. The summed E-state index contributed by atoms with van der Waals surface area (Å²) in [6, 6.07) is 14.9. The molecule has 142 valence electrons. The minimum atomic E-state index is -1.05. The molecule has 6 heteroatoms. The van der Waals surface area contributed by atoms with Gasteiger partial charge in [0.1, 0.15) is 0 Å². The van der Waals surface area contributed by atoms with Crippen molar-refractivity contribution in [2.24, 2.45) is 0 Å². The lowest BCUT2D eigenvalue weighted by atomic mass is 10.1. The van der Waals surface area contributed by atoms with Gasteiger partial charge in [0.2, 0.25) is 0 Å². The Bertz CT molecular complexity index is 1050. The normalized spacial score (nSPS) is 10.4. The fourth-order valence-electron chi connectivity index (χ4n) is 2.62. The van der Waals surface area contributed by atoms with Crippen LogP contribution in [-0.4, -0.2) is 11.8 Å². The van der Waals surface area contributed by atoms with Crippen molar-refractivity contribution in [1.82, 2.24) is 0 Å². The maximum absolute atomic E-state index is 13.2. The highest BCUT2D eigenvalue weighted by molar-refractivity contribution is 6.07. The first-order valence-electron chi connectivity index (χ1n) is 8.58. The lowest BCUT2D eigenvalue weighted by molar-refractivity contribution is 0.101. The Kier molecular flexibility index (Phi) is 5.49. The molecular formula is C22H18F2N2O2. The van der Waals surface area contributed by atoms with Crippen LogP contribution >= 0.6 is 0 Å². The molecular weight excluding hydrogens is 362 g/mol. The number of anilines is 2. The van der Waals surface area contributed by atoms with Crippen molar-refractivity contribution in [1.29, 1.82) is 0 Å². The maximum atomic E-state index is 13.2. The number of amides is 2. The first-order valence-corrected chi connectivity index (χ1v) is 8.58. The number of hydrogen-bond donors (Lipinski definition) is 2. The van der Waals surface area contributed by atoms with E-state index in [0.717, 1.165) is 28.9 Å². The van der Waals surface area contributed by atoms with Crippen LogP contribution in [0.3, 0.4) is 0 Å². The summed E-state index contributed by atoms with van der Waals surface area (Å²) in [5.41, 5.74) is 3.52. The number of carbonyl (C=O) groups excluding carboxylic acids is 2. The van der Waals surface area contributed by atoms with Crippen molar-refractivity contribution in [2.75, 3.05) is 10.6 Å². The largest absolute Gasteiger partial charge is 0.322 e. The van der Waals surface area contributed by atoms with E-state index < -0.39 is 17.5 Å². The van der Waals surface area contributed by atoms with Crippen LogP contribution in [0.15, 0.2) is 60.7 Å². The Morgan fingerprint density at radius 2 is 1.32 bits per heavy atom. The third-order valence-electron chi connectivity index (χ3n) is 4.23. The molecule has 3 rings (SSSR count). The molecule has 0 radical (unpaired) electrons. The predicted molar refractivity (Wildman–Crippen MR) is 105 cm³/mol. The van der Waals surface area contributed by atoms with Crippen molar-refractivity contribution in [2.45, 2.75) is 13.8 Å². The first-order chi connectivity index (χ1) is 13.3. The molecule has 0 aromatic heterocycles. The van der Waals surface area contributed by atoms with Crippen LogP contribution in [0.4, 0.5) is 20.2 Å². The molecule has 0 unspecified atom stereocenters. The number of benzene rings is 3. The average Bonchev–Trinajstić information content (AvgIpc) is 2.67. The van der Waals surface area contributed by atoms with E-state index in [-0.39, 0.29) is 17.2 Å².